The number of hydrogen-bond donors (Lipinski definition) is 1. The SMILES string of the molecule is Clc1ccc2c(c1)C1=C(CCNC1)C2. The van der Waals surface area contributed by atoms with E-state index in [0.717, 1.165) is 24.5 Å². The molecule has 14 heavy (non-hydrogen) atoms. The van der Waals surface area contributed by atoms with Crippen LogP contribution in [0.3, 0.4) is 0 Å². The molecule has 0 saturated heterocycles. The van der Waals surface area contributed by atoms with Crippen molar-refractivity contribution in [1.29, 1.82) is 0 Å². The van der Waals surface area contributed by atoms with Crippen LogP contribution in [0.15, 0.2) is 23.8 Å². The van der Waals surface area contributed by atoms with Gasteiger partial charge in [0.05, 0.1) is 0 Å². The zero-order valence-electron chi connectivity index (χ0n) is 7.94. The van der Waals surface area contributed by atoms with Gasteiger partial charge in [0, 0.05) is 11.6 Å². The summed E-state index contributed by atoms with van der Waals surface area (Å²) in [6.45, 7) is 2.14. The average molecular weight is 206 g/mol. The summed E-state index contributed by atoms with van der Waals surface area (Å²) in [4.78, 5) is 0. The Kier molecular flexibility index (Phi) is 1.89. The van der Waals surface area contributed by atoms with Gasteiger partial charge in [0.1, 0.15) is 0 Å². The number of fused-ring (bicyclic) bond motifs is 2. The molecule has 0 spiro atoms. The van der Waals surface area contributed by atoms with Crippen LogP contribution in [-0.2, 0) is 6.42 Å². The molecule has 0 aromatic heterocycles. The molecule has 1 nitrogen and oxygen atoms in total. The van der Waals surface area contributed by atoms with Crippen LogP contribution in [0.4, 0.5) is 0 Å². The Morgan fingerprint density at radius 2 is 2.21 bits per heavy atom. The summed E-state index contributed by atoms with van der Waals surface area (Å²) in [5.41, 5.74) is 5.93. The molecule has 0 radical (unpaired) electrons. The molecule has 1 aliphatic carbocycles. The molecular formula is C12H12ClN. The first-order chi connectivity index (χ1) is 6.84. The third-order valence-electron chi connectivity index (χ3n) is 3.13. The number of halogens is 1. The summed E-state index contributed by atoms with van der Waals surface area (Å²) >= 11 is 6.01. The number of rotatable bonds is 0. The van der Waals surface area contributed by atoms with Gasteiger partial charge < -0.3 is 5.32 Å². The first-order valence-electron chi connectivity index (χ1n) is 5.05. The fraction of sp³-hybridized carbons (Fsp3) is 0.333. The maximum atomic E-state index is 6.01. The van der Waals surface area contributed by atoms with Crippen molar-refractivity contribution in [3.05, 3.63) is 39.9 Å². The van der Waals surface area contributed by atoms with E-state index in [-0.39, 0.29) is 0 Å². The van der Waals surface area contributed by atoms with E-state index in [1.165, 1.54) is 23.1 Å². The summed E-state index contributed by atoms with van der Waals surface area (Å²) < 4.78 is 0. The van der Waals surface area contributed by atoms with Crippen molar-refractivity contribution in [3.8, 4) is 0 Å². The van der Waals surface area contributed by atoms with Crippen molar-refractivity contribution in [2.75, 3.05) is 13.1 Å². The largest absolute Gasteiger partial charge is 0.312 e. The van der Waals surface area contributed by atoms with E-state index in [1.54, 1.807) is 5.57 Å². The smallest absolute Gasteiger partial charge is 0.0412 e. The maximum absolute atomic E-state index is 6.01. The van der Waals surface area contributed by atoms with Gasteiger partial charge in [-0.25, -0.2) is 0 Å². The predicted octanol–water partition coefficient (Wildman–Crippen LogP) is 2.64. The summed E-state index contributed by atoms with van der Waals surface area (Å²) in [5, 5.41) is 4.27. The van der Waals surface area contributed by atoms with Crippen molar-refractivity contribution in [2.24, 2.45) is 0 Å². The molecule has 0 atom stereocenters. The molecule has 1 heterocycles. The van der Waals surface area contributed by atoms with Crippen LogP contribution in [-0.4, -0.2) is 13.1 Å². The predicted molar refractivity (Wildman–Crippen MR) is 59.6 cm³/mol. The molecule has 0 saturated carbocycles. The summed E-state index contributed by atoms with van der Waals surface area (Å²) in [5.74, 6) is 0. The van der Waals surface area contributed by atoms with Crippen molar-refractivity contribution in [2.45, 2.75) is 12.8 Å². The minimum Gasteiger partial charge on any atom is -0.312 e. The summed E-state index contributed by atoms with van der Waals surface area (Å²) in [6.07, 6.45) is 2.34. The monoisotopic (exact) mass is 205 g/mol. The normalized spacial score (nSPS) is 19.5. The van der Waals surface area contributed by atoms with Crippen LogP contribution < -0.4 is 5.32 Å². The minimum absolute atomic E-state index is 0.850. The van der Waals surface area contributed by atoms with E-state index >= 15 is 0 Å². The molecule has 0 unspecified atom stereocenters. The zero-order chi connectivity index (χ0) is 9.54. The van der Waals surface area contributed by atoms with Crippen LogP contribution >= 0.6 is 11.6 Å². The Bertz CT molecular complexity index is 420. The van der Waals surface area contributed by atoms with Crippen LogP contribution in [0.2, 0.25) is 5.02 Å². The summed E-state index contributed by atoms with van der Waals surface area (Å²) in [6, 6.07) is 6.26. The van der Waals surface area contributed by atoms with E-state index in [1.807, 2.05) is 6.07 Å². The van der Waals surface area contributed by atoms with Crippen molar-refractivity contribution < 1.29 is 0 Å². The number of hydrogen-bond acceptors (Lipinski definition) is 1. The maximum Gasteiger partial charge on any atom is 0.0412 e. The zero-order valence-corrected chi connectivity index (χ0v) is 8.69. The van der Waals surface area contributed by atoms with E-state index in [0.29, 0.717) is 0 Å². The molecule has 72 valence electrons. The van der Waals surface area contributed by atoms with Gasteiger partial charge in [0.25, 0.3) is 0 Å². The second kappa shape index (κ2) is 3.11. The third kappa shape index (κ3) is 1.20. The Balaban J connectivity index is 2.12. The fourth-order valence-electron chi connectivity index (χ4n) is 2.42. The highest BCUT2D eigenvalue weighted by molar-refractivity contribution is 6.30. The highest BCUT2D eigenvalue weighted by atomic mass is 35.5. The van der Waals surface area contributed by atoms with Gasteiger partial charge in [0.2, 0.25) is 0 Å². The van der Waals surface area contributed by atoms with Gasteiger partial charge in [-0.15, -0.1) is 0 Å². The Labute approximate surface area is 88.8 Å². The van der Waals surface area contributed by atoms with Gasteiger partial charge in [-0.05, 0) is 48.2 Å². The second-order valence-electron chi connectivity index (χ2n) is 3.99. The van der Waals surface area contributed by atoms with Crippen molar-refractivity contribution in [1.82, 2.24) is 5.32 Å². The van der Waals surface area contributed by atoms with Gasteiger partial charge in [0.15, 0.2) is 0 Å². The molecule has 0 fully saturated rings. The standard InChI is InChI=1S/C12H12ClN/c13-10-2-1-8-5-9-3-4-14-7-12(9)11(8)6-10/h1-2,6,14H,3-5,7H2. The molecule has 0 bridgehead atoms. The molecule has 1 aromatic carbocycles. The minimum atomic E-state index is 0.850. The van der Waals surface area contributed by atoms with Crippen LogP contribution in [0.5, 0.6) is 0 Å². The van der Waals surface area contributed by atoms with Gasteiger partial charge in [-0.1, -0.05) is 23.2 Å². The lowest BCUT2D eigenvalue weighted by molar-refractivity contribution is 0.712. The number of benzene rings is 1. The number of nitrogens with one attached hydrogen (secondary N) is 1. The van der Waals surface area contributed by atoms with Crippen molar-refractivity contribution in [3.63, 3.8) is 0 Å². The molecule has 1 N–H and O–H groups in total. The van der Waals surface area contributed by atoms with E-state index in [9.17, 15) is 0 Å². The summed E-state index contributed by atoms with van der Waals surface area (Å²) in [7, 11) is 0. The molecule has 1 aliphatic heterocycles. The lowest BCUT2D eigenvalue weighted by atomic mass is 10.0. The molecule has 2 aliphatic rings. The lowest BCUT2D eigenvalue weighted by Crippen LogP contribution is -2.22. The van der Waals surface area contributed by atoms with Gasteiger partial charge in [-0.2, -0.15) is 0 Å². The first-order valence-corrected chi connectivity index (χ1v) is 5.43. The molecule has 0 amide bonds. The molecular weight excluding hydrogens is 194 g/mol. The van der Waals surface area contributed by atoms with Crippen LogP contribution in [0.1, 0.15) is 17.5 Å². The highest BCUT2D eigenvalue weighted by Crippen LogP contribution is 2.36. The second-order valence-corrected chi connectivity index (χ2v) is 4.42. The topological polar surface area (TPSA) is 12.0 Å². The Morgan fingerprint density at radius 3 is 3.14 bits per heavy atom. The van der Waals surface area contributed by atoms with E-state index in [2.05, 4.69) is 17.4 Å². The van der Waals surface area contributed by atoms with E-state index in [4.69, 9.17) is 11.6 Å². The van der Waals surface area contributed by atoms with Crippen LogP contribution in [0, 0.1) is 0 Å². The third-order valence-corrected chi connectivity index (χ3v) is 3.37. The Morgan fingerprint density at radius 1 is 1.29 bits per heavy atom. The Hall–Kier alpha value is -0.790. The fourth-order valence-corrected chi connectivity index (χ4v) is 2.60. The molecule has 2 heteroatoms. The molecule has 1 aromatic rings. The highest BCUT2D eigenvalue weighted by Gasteiger charge is 2.23. The van der Waals surface area contributed by atoms with E-state index < -0.39 is 0 Å². The van der Waals surface area contributed by atoms with Crippen LogP contribution in [0.25, 0.3) is 5.57 Å². The average Bonchev–Trinajstić information content (AvgIpc) is 2.56. The van der Waals surface area contributed by atoms with Crippen molar-refractivity contribution >= 4 is 17.2 Å². The quantitative estimate of drug-likeness (QED) is 0.687. The van der Waals surface area contributed by atoms with Gasteiger partial charge >= 0.3 is 0 Å². The van der Waals surface area contributed by atoms with Gasteiger partial charge in [-0.3, -0.25) is 0 Å². The first kappa shape index (κ1) is 8.51. The lowest BCUT2D eigenvalue weighted by Gasteiger charge is -2.15. The molecule has 3 rings (SSSR count).